The van der Waals surface area contributed by atoms with Gasteiger partial charge in [-0.1, -0.05) is 25.7 Å². The quantitative estimate of drug-likeness (QED) is 0.596. The molecule has 0 aromatic rings. The lowest BCUT2D eigenvalue weighted by atomic mass is 9.98. The smallest absolute Gasteiger partial charge is 0.327 e. The van der Waals surface area contributed by atoms with E-state index in [1.165, 1.54) is 6.92 Å². The van der Waals surface area contributed by atoms with Crippen molar-refractivity contribution >= 4 is 23.8 Å². The minimum atomic E-state index is -0.915. The summed E-state index contributed by atoms with van der Waals surface area (Å²) in [6.45, 7) is 2.44. The fourth-order valence-electron chi connectivity index (χ4n) is 4.10. The zero-order chi connectivity index (χ0) is 18.7. The van der Waals surface area contributed by atoms with Gasteiger partial charge in [0.05, 0.1) is 0 Å². The van der Waals surface area contributed by atoms with E-state index in [1.807, 2.05) is 0 Å². The third kappa shape index (κ3) is 3.68. The molecule has 1 saturated carbocycles. The summed E-state index contributed by atoms with van der Waals surface area (Å²) < 4.78 is 5.21. The fraction of sp³-hybridized carbons (Fsp3) is 0.778. The number of nitrogens with zero attached hydrogens (tertiary/aromatic N) is 2. The first kappa shape index (κ1) is 18.7. The Morgan fingerprint density at radius 2 is 1.69 bits per heavy atom. The number of amides is 4. The minimum absolute atomic E-state index is 0.218. The standard InChI is InChI=1S/C18H27N3O5/c1-13(15(23)20-10-6-2-3-7-11-20)26-14(22)12-21-16(24)18(19-17(21)25)8-4-5-9-18/h13H,2-12H2,1H3,(H,19,25)/t13-/m1/s1. The normalized spacial score (nSPS) is 23.7. The number of ether oxygens (including phenoxy) is 1. The fourth-order valence-corrected chi connectivity index (χ4v) is 4.10. The van der Waals surface area contributed by atoms with Gasteiger partial charge in [-0.25, -0.2) is 4.79 Å². The first-order valence-electron chi connectivity index (χ1n) is 9.55. The van der Waals surface area contributed by atoms with Crippen molar-refractivity contribution in [1.29, 1.82) is 0 Å². The van der Waals surface area contributed by atoms with Crippen molar-refractivity contribution in [2.45, 2.75) is 69.9 Å². The Labute approximate surface area is 153 Å². The zero-order valence-corrected chi connectivity index (χ0v) is 15.3. The molecule has 0 radical (unpaired) electrons. The lowest BCUT2D eigenvalue weighted by molar-refractivity contribution is -0.160. The number of imide groups is 1. The van der Waals surface area contributed by atoms with E-state index in [0.717, 1.165) is 43.4 Å². The van der Waals surface area contributed by atoms with Crippen LogP contribution in [-0.2, 0) is 19.1 Å². The topological polar surface area (TPSA) is 96.0 Å². The van der Waals surface area contributed by atoms with E-state index in [1.54, 1.807) is 4.90 Å². The molecule has 4 amide bonds. The van der Waals surface area contributed by atoms with Crippen LogP contribution in [0.1, 0.15) is 58.3 Å². The van der Waals surface area contributed by atoms with Gasteiger partial charge in [-0.05, 0) is 32.6 Å². The van der Waals surface area contributed by atoms with Crippen molar-refractivity contribution in [3.05, 3.63) is 0 Å². The van der Waals surface area contributed by atoms with Crippen LogP contribution in [0.3, 0.4) is 0 Å². The molecular formula is C18H27N3O5. The van der Waals surface area contributed by atoms with E-state index in [4.69, 9.17) is 4.74 Å². The molecule has 8 nitrogen and oxygen atoms in total. The van der Waals surface area contributed by atoms with E-state index < -0.39 is 30.2 Å². The van der Waals surface area contributed by atoms with Crippen molar-refractivity contribution in [3.63, 3.8) is 0 Å². The number of nitrogens with one attached hydrogen (secondary N) is 1. The minimum Gasteiger partial charge on any atom is -0.451 e. The van der Waals surface area contributed by atoms with Gasteiger partial charge in [-0.15, -0.1) is 0 Å². The molecule has 0 aromatic heterocycles. The maximum Gasteiger partial charge on any atom is 0.327 e. The highest BCUT2D eigenvalue weighted by molar-refractivity contribution is 6.08. The summed E-state index contributed by atoms with van der Waals surface area (Å²) in [5, 5.41) is 2.72. The molecule has 0 unspecified atom stereocenters. The number of hydrogen-bond acceptors (Lipinski definition) is 5. The first-order chi connectivity index (χ1) is 12.4. The number of carbonyl (C=O) groups excluding carboxylic acids is 4. The Hall–Kier alpha value is -2.12. The third-order valence-electron chi connectivity index (χ3n) is 5.56. The highest BCUT2D eigenvalue weighted by Gasteiger charge is 2.52. The number of rotatable bonds is 4. The number of carbonyl (C=O) groups is 4. The molecule has 3 fully saturated rings. The van der Waals surface area contributed by atoms with Crippen LogP contribution in [0, 0.1) is 0 Å². The highest BCUT2D eigenvalue weighted by atomic mass is 16.5. The van der Waals surface area contributed by atoms with E-state index in [-0.39, 0.29) is 11.8 Å². The summed E-state index contributed by atoms with van der Waals surface area (Å²) in [6, 6.07) is -0.555. The van der Waals surface area contributed by atoms with Crippen molar-refractivity contribution in [2.75, 3.05) is 19.6 Å². The van der Waals surface area contributed by atoms with Gasteiger partial charge in [0.2, 0.25) is 0 Å². The van der Waals surface area contributed by atoms with Crippen LogP contribution in [0.4, 0.5) is 4.79 Å². The molecule has 8 heteroatoms. The van der Waals surface area contributed by atoms with Gasteiger partial charge in [0, 0.05) is 13.1 Å². The Kier molecular flexibility index (Phi) is 5.48. The molecule has 2 heterocycles. The van der Waals surface area contributed by atoms with Gasteiger partial charge >= 0.3 is 12.0 Å². The SMILES string of the molecule is C[C@@H](OC(=O)CN1C(=O)NC2(CCCC2)C1=O)C(=O)N1CCCCCC1. The number of esters is 1. The van der Waals surface area contributed by atoms with Crippen LogP contribution in [-0.4, -0.2) is 64.9 Å². The van der Waals surface area contributed by atoms with E-state index in [9.17, 15) is 19.2 Å². The first-order valence-corrected chi connectivity index (χ1v) is 9.55. The summed E-state index contributed by atoms with van der Waals surface area (Å²) in [7, 11) is 0. The molecule has 2 aliphatic heterocycles. The van der Waals surface area contributed by atoms with Crippen molar-refractivity contribution in [2.24, 2.45) is 0 Å². The molecule has 3 aliphatic rings. The molecule has 26 heavy (non-hydrogen) atoms. The van der Waals surface area contributed by atoms with Gasteiger partial charge in [-0.2, -0.15) is 0 Å². The summed E-state index contributed by atoms with van der Waals surface area (Å²) in [5.74, 6) is -1.31. The van der Waals surface area contributed by atoms with E-state index >= 15 is 0 Å². The molecular weight excluding hydrogens is 338 g/mol. The number of urea groups is 1. The van der Waals surface area contributed by atoms with Crippen LogP contribution in [0.25, 0.3) is 0 Å². The van der Waals surface area contributed by atoms with Crippen molar-refractivity contribution in [3.8, 4) is 0 Å². The van der Waals surface area contributed by atoms with Crippen molar-refractivity contribution < 1.29 is 23.9 Å². The number of likely N-dealkylation sites (tertiary alicyclic amines) is 1. The van der Waals surface area contributed by atoms with Crippen LogP contribution < -0.4 is 5.32 Å². The second kappa shape index (κ2) is 7.63. The zero-order valence-electron chi connectivity index (χ0n) is 15.3. The summed E-state index contributed by atoms with van der Waals surface area (Å²) in [5.41, 5.74) is -0.842. The predicted octanol–water partition coefficient (Wildman–Crippen LogP) is 1.19. The van der Waals surface area contributed by atoms with Crippen LogP contribution in [0.5, 0.6) is 0 Å². The lowest BCUT2D eigenvalue weighted by Gasteiger charge is -2.24. The second-order valence-electron chi connectivity index (χ2n) is 7.48. The second-order valence-corrected chi connectivity index (χ2v) is 7.48. The molecule has 1 N–H and O–H groups in total. The van der Waals surface area contributed by atoms with Gasteiger partial charge in [0.25, 0.3) is 11.8 Å². The highest BCUT2D eigenvalue weighted by Crippen LogP contribution is 2.34. The average molecular weight is 365 g/mol. The Balaban J connectivity index is 1.54. The Bertz CT molecular complexity index is 592. The summed E-state index contributed by atoms with van der Waals surface area (Å²) in [6.07, 6.45) is 6.17. The van der Waals surface area contributed by atoms with Crippen LogP contribution in [0.15, 0.2) is 0 Å². The molecule has 1 atom stereocenters. The number of hydrogen-bond donors (Lipinski definition) is 1. The molecule has 0 bridgehead atoms. The monoisotopic (exact) mass is 365 g/mol. The Morgan fingerprint density at radius 1 is 1.08 bits per heavy atom. The van der Waals surface area contributed by atoms with Gasteiger partial charge in [0.1, 0.15) is 12.1 Å². The van der Waals surface area contributed by atoms with Gasteiger partial charge < -0.3 is 15.0 Å². The van der Waals surface area contributed by atoms with Gasteiger partial charge in [0.15, 0.2) is 6.10 Å². The molecule has 144 valence electrons. The summed E-state index contributed by atoms with van der Waals surface area (Å²) in [4.78, 5) is 51.9. The average Bonchev–Trinajstić information content (AvgIpc) is 3.03. The molecule has 1 aliphatic carbocycles. The maximum atomic E-state index is 12.5. The maximum absolute atomic E-state index is 12.5. The molecule has 0 aromatic carbocycles. The third-order valence-corrected chi connectivity index (χ3v) is 5.56. The van der Waals surface area contributed by atoms with Crippen LogP contribution in [0.2, 0.25) is 0 Å². The van der Waals surface area contributed by atoms with Gasteiger partial charge in [-0.3, -0.25) is 19.3 Å². The van der Waals surface area contributed by atoms with Crippen molar-refractivity contribution in [1.82, 2.24) is 15.1 Å². The lowest BCUT2D eigenvalue weighted by Crippen LogP contribution is -2.45. The molecule has 2 saturated heterocycles. The van der Waals surface area contributed by atoms with E-state index in [0.29, 0.717) is 25.9 Å². The Morgan fingerprint density at radius 3 is 2.31 bits per heavy atom. The predicted molar refractivity (Wildman–Crippen MR) is 92.0 cm³/mol. The summed E-state index contributed by atoms with van der Waals surface area (Å²) >= 11 is 0. The largest absolute Gasteiger partial charge is 0.451 e. The van der Waals surface area contributed by atoms with E-state index in [2.05, 4.69) is 5.32 Å². The molecule has 3 rings (SSSR count). The molecule has 1 spiro atoms. The van der Waals surface area contributed by atoms with Crippen LogP contribution >= 0.6 is 0 Å².